The summed E-state index contributed by atoms with van der Waals surface area (Å²) in [5.74, 6) is -0.876. The number of ether oxygens (including phenoxy) is 3. The molecule has 0 aliphatic rings. The maximum Gasteiger partial charge on any atom is 0.306 e. The summed E-state index contributed by atoms with van der Waals surface area (Å²) in [5, 5.41) is 0. The SMILES string of the molecule is CCCCC/C=C\CCCCCCCC(=O)OCC(COC(=O)CCCCCCCCCCCCCCCCCCC/C=C\C/C=C\CCCCCCC)OC(=O)CCCCCCC/C=C\CCCCCCCC. The zero-order chi connectivity index (χ0) is 53.6. The van der Waals surface area contributed by atoms with Gasteiger partial charge < -0.3 is 14.2 Å². The second-order valence-corrected chi connectivity index (χ2v) is 22.0. The first-order valence-corrected chi connectivity index (χ1v) is 32.6. The van der Waals surface area contributed by atoms with Gasteiger partial charge in [0.25, 0.3) is 0 Å². The first-order valence-electron chi connectivity index (χ1n) is 32.6. The molecule has 74 heavy (non-hydrogen) atoms. The number of allylic oxidation sites excluding steroid dienone is 8. The Kier molecular flexibility index (Phi) is 60.7. The first-order chi connectivity index (χ1) is 36.5. The predicted molar refractivity (Wildman–Crippen MR) is 321 cm³/mol. The van der Waals surface area contributed by atoms with Crippen molar-refractivity contribution in [2.24, 2.45) is 0 Å². The van der Waals surface area contributed by atoms with Crippen LogP contribution in [-0.2, 0) is 28.6 Å². The highest BCUT2D eigenvalue weighted by Crippen LogP contribution is 2.17. The Hall–Kier alpha value is -2.63. The molecule has 0 aliphatic carbocycles. The topological polar surface area (TPSA) is 78.9 Å². The number of carbonyl (C=O) groups is 3. The van der Waals surface area contributed by atoms with Crippen molar-refractivity contribution in [2.75, 3.05) is 13.2 Å². The Bertz CT molecular complexity index is 1280. The molecule has 0 radical (unpaired) electrons. The van der Waals surface area contributed by atoms with Crippen molar-refractivity contribution in [3.8, 4) is 0 Å². The van der Waals surface area contributed by atoms with Crippen LogP contribution in [0.25, 0.3) is 0 Å². The van der Waals surface area contributed by atoms with Crippen LogP contribution in [-0.4, -0.2) is 37.2 Å². The Morgan fingerprint density at radius 2 is 0.486 bits per heavy atom. The van der Waals surface area contributed by atoms with E-state index in [4.69, 9.17) is 14.2 Å². The number of unbranched alkanes of at least 4 members (excludes halogenated alkanes) is 41. The van der Waals surface area contributed by atoms with Gasteiger partial charge in [-0.05, 0) is 103 Å². The van der Waals surface area contributed by atoms with E-state index in [0.29, 0.717) is 19.3 Å². The van der Waals surface area contributed by atoms with Crippen molar-refractivity contribution in [3.05, 3.63) is 48.6 Å². The molecular weight excluding hydrogens is 913 g/mol. The van der Waals surface area contributed by atoms with Crippen LogP contribution in [0.15, 0.2) is 48.6 Å². The Morgan fingerprint density at radius 3 is 0.784 bits per heavy atom. The largest absolute Gasteiger partial charge is 0.462 e. The molecule has 0 saturated heterocycles. The molecule has 0 aliphatic heterocycles. The summed E-state index contributed by atoms with van der Waals surface area (Å²) in [6.45, 7) is 6.63. The van der Waals surface area contributed by atoms with E-state index >= 15 is 0 Å². The zero-order valence-corrected chi connectivity index (χ0v) is 49.6. The number of carbonyl (C=O) groups excluding carboxylic acids is 3. The normalized spacial score (nSPS) is 12.3. The second-order valence-electron chi connectivity index (χ2n) is 22.0. The van der Waals surface area contributed by atoms with E-state index in [9.17, 15) is 14.4 Å². The molecule has 432 valence electrons. The molecule has 0 rings (SSSR count). The standard InChI is InChI=1S/C68H124O6/c1-4-7-10-13-16-19-22-25-27-28-29-30-31-32-33-34-35-36-37-38-39-40-42-43-46-49-52-55-58-61-67(70)73-64-65(63-72-66(69)60-57-54-51-48-45-24-21-18-15-12-9-6-3)74-68(71)62-59-56-53-50-47-44-41-26-23-20-17-14-11-8-5-2/h18,21-22,25-26,28-29,41,65H,4-17,19-20,23-24,27,30-40,42-64H2,1-3H3/b21-18-,25-22-,29-28-,41-26-. The zero-order valence-electron chi connectivity index (χ0n) is 49.6. The fraction of sp³-hybridized carbons (Fsp3) is 0.838. The summed E-state index contributed by atoms with van der Waals surface area (Å²) >= 11 is 0. The van der Waals surface area contributed by atoms with Crippen molar-refractivity contribution in [1.82, 2.24) is 0 Å². The molecule has 0 aromatic carbocycles. The smallest absolute Gasteiger partial charge is 0.306 e. The van der Waals surface area contributed by atoms with E-state index in [2.05, 4.69) is 69.4 Å². The summed E-state index contributed by atoms with van der Waals surface area (Å²) in [6, 6.07) is 0. The Balaban J connectivity index is 4.16. The second kappa shape index (κ2) is 62.9. The van der Waals surface area contributed by atoms with Gasteiger partial charge in [-0.2, -0.15) is 0 Å². The quantitative estimate of drug-likeness (QED) is 0.0261. The van der Waals surface area contributed by atoms with Crippen molar-refractivity contribution >= 4 is 17.9 Å². The summed E-state index contributed by atoms with van der Waals surface area (Å²) in [7, 11) is 0. The molecule has 0 spiro atoms. The van der Waals surface area contributed by atoms with E-state index in [1.807, 2.05) is 0 Å². The number of esters is 3. The van der Waals surface area contributed by atoms with Crippen LogP contribution < -0.4 is 0 Å². The van der Waals surface area contributed by atoms with Crippen LogP contribution >= 0.6 is 0 Å². The van der Waals surface area contributed by atoms with E-state index in [0.717, 1.165) is 77.0 Å². The minimum atomic E-state index is -0.779. The van der Waals surface area contributed by atoms with Gasteiger partial charge >= 0.3 is 17.9 Å². The Labute approximate surface area is 460 Å². The molecule has 0 bridgehead atoms. The predicted octanol–water partition coefficient (Wildman–Crippen LogP) is 22.2. The van der Waals surface area contributed by atoms with E-state index in [1.165, 1.54) is 231 Å². The third-order valence-electron chi connectivity index (χ3n) is 14.5. The molecule has 6 heteroatoms. The van der Waals surface area contributed by atoms with E-state index < -0.39 is 6.10 Å². The van der Waals surface area contributed by atoms with Crippen molar-refractivity contribution in [3.63, 3.8) is 0 Å². The fourth-order valence-corrected chi connectivity index (χ4v) is 9.58. The highest BCUT2D eigenvalue weighted by molar-refractivity contribution is 5.71. The maximum atomic E-state index is 12.9. The average molecular weight is 1040 g/mol. The first kappa shape index (κ1) is 71.4. The van der Waals surface area contributed by atoms with Gasteiger partial charge in [-0.25, -0.2) is 0 Å². The van der Waals surface area contributed by atoms with Crippen LogP contribution in [0.5, 0.6) is 0 Å². The molecule has 0 aromatic rings. The molecule has 0 heterocycles. The van der Waals surface area contributed by atoms with Crippen molar-refractivity contribution < 1.29 is 28.6 Å². The van der Waals surface area contributed by atoms with E-state index in [1.54, 1.807) is 0 Å². The van der Waals surface area contributed by atoms with Crippen LogP contribution in [0.4, 0.5) is 0 Å². The number of hydrogen-bond donors (Lipinski definition) is 0. The van der Waals surface area contributed by atoms with Gasteiger partial charge in [-0.1, -0.05) is 275 Å². The molecule has 0 amide bonds. The molecule has 1 unspecified atom stereocenters. The highest BCUT2D eigenvalue weighted by Gasteiger charge is 2.19. The summed E-state index contributed by atoms with van der Waals surface area (Å²) in [5.41, 5.74) is 0. The fourth-order valence-electron chi connectivity index (χ4n) is 9.58. The van der Waals surface area contributed by atoms with Gasteiger partial charge in [0, 0.05) is 19.3 Å². The molecule has 0 saturated carbocycles. The van der Waals surface area contributed by atoms with Gasteiger partial charge in [0.05, 0.1) is 0 Å². The minimum Gasteiger partial charge on any atom is -0.462 e. The van der Waals surface area contributed by atoms with Crippen LogP contribution in [0.1, 0.15) is 348 Å². The van der Waals surface area contributed by atoms with Crippen LogP contribution in [0.3, 0.4) is 0 Å². The van der Waals surface area contributed by atoms with Gasteiger partial charge in [0.15, 0.2) is 6.10 Å². The summed E-state index contributed by atoms with van der Waals surface area (Å²) in [4.78, 5) is 38.2. The van der Waals surface area contributed by atoms with E-state index in [-0.39, 0.29) is 31.1 Å². The van der Waals surface area contributed by atoms with Crippen LogP contribution in [0, 0.1) is 0 Å². The third kappa shape index (κ3) is 60.2. The lowest BCUT2D eigenvalue weighted by Crippen LogP contribution is -2.30. The van der Waals surface area contributed by atoms with Crippen molar-refractivity contribution in [2.45, 2.75) is 354 Å². The highest BCUT2D eigenvalue weighted by atomic mass is 16.6. The summed E-state index contributed by atoms with van der Waals surface area (Å²) < 4.78 is 16.9. The molecule has 1 atom stereocenters. The third-order valence-corrected chi connectivity index (χ3v) is 14.5. The van der Waals surface area contributed by atoms with Gasteiger partial charge in [0.1, 0.15) is 13.2 Å². The molecule has 0 aromatic heterocycles. The van der Waals surface area contributed by atoms with Crippen LogP contribution in [0.2, 0.25) is 0 Å². The number of hydrogen-bond acceptors (Lipinski definition) is 6. The lowest BCUT2D eigenvalue weighted by Gasteiger charge is -2.18. The lowest BCUT2D eigenvalue weighted by atomic mass is 10.0. The molecule has 6 nitrogen and oxygen atoms in total. The molecule has 0 fully saturated rings. The number of rotatable bonds is 60. The van der Waals surface area contributed by atoms with Gasteiger partial charge in [0.2, 0.25) is 0 Å². The van der Waals surface area contributed by atoms with Gasteiger partial charge in [-0.15, -0.1) is 0 Å². The maximum absolute atomic E-state index is 12.9. The average Bonchev–Trinajstić information content (AvgIpc) is 3.40. The van der Waals surface area contributed by atoms with Gasteiger partial charge in [-0.3, -0.25) is 14.4 Å². The van der Waals surface area contributed by atoms with Crippen molar-refractivity contribution in [1.29, 1.82) is 0 Å². The Morgan fingerprint density at radius 1 is 0.270 bits per heavy atom. The lowest BCUT2D eigenvalue weighted by molar-refractivity contribution is -0.167. The molecular formula is C68H124O6. The molecule has 0 N–H and O–H groups in total. The summed E-state index contributed by atoms with van der Waals surface area (Å²) in [6.07, 6.45) is 78.5. The monoisotopic (exact) mass is 1040 g/mol. The minimum absolute atomic E-state index is 0.0758.